The van der Waals surface area contributed by atoms with Gasteiger partial charge in [-0.1, -0.05) is 11.6 Å². The van der Waals surface area contributed by atoms with Gasteiger partial charge < -0.3 is 5.32 Å². The van der Waals surface area contributed by atoms with Gasteiger partial charge in [0.25, 0.3) is 5.69 Å². The van der Waals surface area contributed by atoms with Gasteiger partial charge in [-0.15, -0.1) is 0 Å². The zero-order chi connectivity index (χ0) is 14.7. The van der Waals surface area contributed by atoms with E-state index in [4.69, 9.17) is 11.6 Å². The van der Waals surface area contributed by atoms with Crippen molar-refractivity contribution in [3.8, 4) is 11.3 Å². The van der Waals surface area contributed by atoms with Crippen molar-refractivity contribution in [2.24, 2.45) is 0 Å². The number of aromatic nitrogens is 1. The van der Waals surface area contributed by atoms with E-state index in [1.807, 2.05) is 6.92 Å². The SMILES string of the molecule is CCNc1cc([N+](=O)[O-])cc(-c2ccc(Cl)cc2F)n1. The third-order valence-corrected chi connectivity index (χ3v) is 2.82. The molecule has 0 atom stereocenters. The van der Waals surface area contributed by atoms with E-state index in [2.05, 4.69) is 10.3 Å². The first-order valence-electron chi connectivity index (χ1n) is 5.87. The van der Waals surface area contributed by atoms with Crippen LogP contribution in [0.4, 0.5) is 15.9 Å². The Kier molecular flexibility index (Phi) is 4.14. The van der Waals surface area contributed by atoms with Crippen molar-refractivity contribution in [3.05, 3.63) is 51.3 Å². The fraction of sp³-hybridized carbons (Fsp3) is 0.154. The van der Waals surface area contributed by atoms with Crippen LogP contribution in [0.3, 0.4) is 0 Å². The molecular weight excluding hydrogens is 285 g/mol. The molecule has 0 bridgehead atoms. The molecule has 1 aromatic heterocycles. The molecule has 1 N–H and O–H groups in total. The number of benzene rings is 1. The molecule has 0 fully saturated rings. The molecule has 7 heteroatoms. The van der Waals surface area contributed by atoms with Crippen LogP contribution in [0.5, 0.6) is 0 Å². The highest BCUT2D eigenvalue weighted by Crippen LogP contribution is 2.28. The molecule has 1 aromatic carbocycles. The summed E-state index contributed by atoms with van der Waals surface area (Å²) < 4.78 is 13.9. The monoisotopic (exact) mass is 295 g/mol. The standard InChI is InChI=1S/C13H11ClFN3O2/c1-2-16-13-7-9(18(19)20)6-12(17-13)10-4-3-8(14)5-11(10)15/h3-7H,2H2,1H3,(H,16,17). The van der Waals surface area contributed by atoms with Gasteiger partial charge in [-0.2, -0.15) is 0 Å². The topological polar surface area (TPSA) is 68.1 Å². The molecule has 5 nitrogen and oxygen atoms in total. The van der Waals surface area contributed by atoms with Crippen LogP contribution >= 0.6 is 11.6 Å². The summed E-state index contributed by atoms with van der Waals surface area (Å²) in [7, 11) is 0. The van der Waals surface area contributed by atoms with Crippen LogP contribution in [0.1, 0.15) is 6.92 Å². The minimum Gasteiger partial charge on any atom is -0.370 e. The van der Waals surface area contributed by atoms with Crippen LogP contribution in [0.15, 0.2) is 30.3 Å². The molecule has 0 aliphatic rings. The third kappa shape index (κ3) is 3.03. The number of hydrogen-bond donors (Lipinski definition) is 1. The zero-order valence-corrected chi connectivity index (χ0v) is 11.3. The largest absolute Gasteiger partial charge is 0.370 e. The van der Waals surface area contributed by atoms with Crippen LogP contribution in [-0.4, -0.2) is 16.5 Å². The lowest BCUT2D eigenvalue weighted by molar-refractivity contribution is -0.384. The number of nitro groups is 1. The Morgan fingerprint density at radius 3 is 2.75 bits per heavy atom. The van der Waals surface area contributed by atoms with E-state index in [-0.39, 0.29) is 22.0 Å². The first-order valence-corrected chi connectivity index (χ1v) is 6.25. The van der Waals surface area contributed by atoms with Gasteiger partial charge in [-0.25, -0.2) is 9.37 Å². The molecule has 0 amide bonds. The lowest BCUT2D eigenvalue weighted by Crippen LogP contribution is -2.02. The Labute approximate surface area is 119 Å². The first kappa shape index (κ1) is 14.2. The maximum absolute atomic E-state index is 13.9. The van der Waals surface area contributed by atoms with E-state index in [1.54, 1.807) is 0 Å². The summed E-state index contributed by atoms with van der Waals surface area (Å²) in [6.45, 7) is 2.39. The summed E-state index contributed by atoms with van der Waals surface area (Å²) in [5.74, 6) is -0.251. The molecule has 0 radical (unpaired) electrons. The van der Waals surface area contributed by atoms with Crippen LogP contribution in [0.25, 0.3) is 11.3 Å². The van der Waals surface area contributed by atoms with Crippen LogP contribution in [-0.2, 0) is 0 Å². The number of hydrogen-bond acceptors (Lipinski definition) is 4. The van der Waals surface area contributed by atoms with Gasteiger partial charge in [-0.3, -0.25) is 10.1 Å². The minimum absolute atomic E-state index is 0.152. The highest BCUT2D eigenvalue weighted by molar-refractivity contribution is 6.30. The van der Waals surface area contributed by atoms with E-state index < -0.39 is 10.7 Å². The maximum atomic E-state index is 13.9. The van der Waals surface area contributed by atoms with Gasteiger partial charge in [0.15, 0.2) is 0 Å². The summed E-state index contributed by atoms with van der Waals surface area (Å²) in [4.78, 5) is 14.5. The number of nitrogens with zero attached hydrogens (tertiary/aromatic N) is 2. The number of rotatable bonds is 4. The summed E-state index contributed by atoms with van der Waals surface area (Å²) in [6, 6.07) is 6.63. The molecule has 2 rings (SSSR count). The van der Waals surface area contributed by atoms with Gasteiger partial charge in [0.1, 0.15) is 11.6 Å². The van der Waals surface area contributed by atoms with Crippen molar-refractivity contribution >= 4 is 23.1 Å². The lowest BCUT2D eigenvalue weighted by Gasteiger charge is -2.07. The van der Waals surface area contributed by atoms with Gasteiger partial charge >= 0.3 is 0 Å². The van der Waals surface area contributed by atoms with Crippen LogP contribution < -0.4 is 5.32 Å². The Morgan fingerprint density at radius 2 is 2.15 bits per heavy atom. The summed E-state index contributed by atoms with van der Waals surface area (Å²) >= 11 is 5.69. The second-order valence-electron chi connectivity index (χ2n) is 4.01. The van der Waals surface area contributed by atoms with E-state index >= 15 is 0 Å². The van der Waals surface area contributed by atoms with Crippen molar-refractivity contribution in [1.29, 1.82) is 0 Å². The average Bonchev–Trinajstić information content (AvgIpc) is 2.38. The molecule has 104 valence electrons. The highest BCUT2D eigenvalue weighted by Gasteiger charge is 2.15. The number of pyridine rings is 1. The molecule has 0 spiro atoms. The smallest absolute Gasteiger partial charge is 0.275 e. The van der Waals surface area contributed by atoms with E-state index in [0.29, 0.717) is 12.4 Å². The maximum Gasteiger partial charge on any atom is 0.275 e. The Balaban J connectivity index is 2.57. The quantitative estimate of drug-likeness (QED) is 0.686. The summed E-state index contributed by atoms with van der Waals surface area (Å²) in [5.41, 5.74) is 0.196. The minimum atomic E-state index is -0.576. The number of anilines is 1. The molecular formula is C13H11ClFN3O2. The van der Waals surface area contributed by atoms with Crippen molar-refractivity contribution in [2.75, 3.05) is 11.9 Å². The second kappa shape index (κ2) is 5.83. The van der Waals surface area contributed by atoms with Crippen molar-refractivity contribution in [1.82, 2.24) is 4.98 Å². The first-order chi connectivity index (χ1) is 9.51. The molecule has 0 aliphatic heterocycles. The molecule has 0 unspecified atom stereocenters. The molecule has 0 saturated heterocycles. The van der Waals surface area contributed by atoms with E-state index in [0.717, 1.165) is 6.07 Å². The third-order valence-electron chi connectivity index (χ3n) is 2.59. The van der Waals surface area contributed by atoms with Gasteiger partial charge in [0.2, 0.25) is 0 Å². The lowest BCUT2D eigenvalue weighted by atomic mass is 10.1. The van der Waals surface area contributed by atoms with Crippen LogP contribution in [0, 0.1) is 15.9 Å². The van der Waals surface area contributed by atoms with Crippen molar-refractivity contribution in [3.63, 3.8) is 0 Å². The molecule has 2 aromatic rings. The fourth-order valence-corrected chi connectivity index (χ4v) is 1.89. The van der Waals surface area contributed by atoms with Gasteiger partial charge in [-0.05, 0) is 25.1 Å². The Hall–Kier alpha value is -2.21. The summed E-state index contributed by atoms with van der Waals surface area (Å²) in [6.07, 6.45) is 0. The Bertz CT molecular complexity index is 664. The number of halogens is 2. The van der Waals surface area contributed by atoms with E-state index in [1.165, 1.54) is 24.3 Å². The van der Waals surface area contributed by atoms with Gasteiger partial charge in [0, 0.05) is 23.2 Å². The van der Waals surface area contributed by atoms with E-state index in [9.17, 15) is 14.5 Å². The normalized spacial score (nSPS) is 10.3. The van der Waals surface area contributed by atoms with Crippen LogP contribution in [0.2, 0.25) is 5.02 Å². The highest BCUT2D eigenvalue weighted by atomic mass is 35.5. The zero-order valence-electron chi connectivity index (χ0n) is 10.6. The van der Waals surface area contributed by atoms with Crippen molar-refractivity contribution in [2.45, 2.75) is 6.92 Å². The number of nitrogens with one attached hydrogen (secondary N) is 1. The molecule has 20 heavy (non-hydrogen) atoms. The second-order valence-corrected chi connectivity index (χ2v) is 4.44. The molecule has 0 saturated carbocycles. The summed E-state index contributed by atoms with van der Waals surface area (Å²) in [5, 5.41) is 14.0. The predicted octanol–water partition coefficient (Wildman–Crippen LogP) is 3.88. The molecule has 1 heterocycles. The van der Waals surface area contributed by atoms with Crippen molar-refractivity contribution < 1.29 is 9.31 Å². The Morgan fingerprint density at radius 1 is 1.40 bits per heavy atom. The average molecular weight is 296 g/mol. The fourth-order valence-electron chi connectivity index (χ4n) is 1.73. The van der Waals surface area contributed by atoms with Gasteiger partial charge in [0.05, 0.1) is 16.7 Å². The molecule has 0 aliphatic carbocycles. The predicted molar refractivity (Wildman–Crippen MR) is 75.5 cm³/mol.